The predicted molar refractivity (Wildman–Crippen MR) is 105 cm³/mol. The molecule has 138 valence electrons. The number of carbonyl (C=O) groups is 2. The molecule has 1 N–H and O–H groups in total. The van der Waals surface area contributed by atoms with Crippen LogP contribution < -0.4 is 10.1 Å². The number of rotatable bonds is 8. The number of benzene rings is 3. The molecular weight excluding hydrogens is 342 g/mol. The quantitative estimate of drug-likeness (QED) is 0.482. The van der Waals surface area contributed by atoms with Gasteiger partial charge in [-0.25, -0.2) is 0 Å². The Bertz CT molecular complexity index is 908. The molecule has 3 rings (SSSR count). The summed E-state index contributed by atoms with van der Waals surface area (Å²) in [4.78, 5) is 23.7. The molecule has 0 spiro atoms. The molecule has 1 amide bonds. The van der Waals surface area contributed by atoms with Crippen LogP contribution in [0, 0.1) is 0 Å². The summed E-state index contributed by atoms with van der Waals surface area (Å²) in [5.74, 6) is -0.0138. The number of nitrogens with one attached hydrogen (secondary N) is 1. The number of amides is 1. The van der Waals surface area contributed by atoms with Gasteiger partial charge in [0.05, 0.1) is 6.61 Å². The van der Waals surface area contributed by atoms with Crippen LogP contribution in [0.4, 0.5) is 5.69 Å². The van der Waals surface area contributed by atoms with Crippen molar-refractivity contribution in [1.82, 2.24) is 0 Å². The molecular formula is C22H21NO4. The van der Waals surface area contributed by atoms with Crippen LogP contribution in [-0.2, 0) is 14.3 Å². The summed E-state index contributed by atoms with van der Waals surface area (Å²) in [7, 11) is 0. The molecule has 0 radical (unpaired) electrons. The lowest BCUT2D eigenvalue weighted by Crippen LogP contribution is -2.21. The topological polar surface area (TPSA) is 64.6 Å². The van der Waals surface area contributed by atoms with E-state index in [1.165, 1.54) is 0 Å². The highest BCUT2D eigenvalue weighted by Crippen LogP contribution is 2.18. The smallest absolute Gasteiger partial charge is 0.306 e. The Morgan fingerprint density at radius 2 is 1.59 bits per heavy atom. The number of esters is 1. The van der Waals surface area contributed by atoms with Crippen molar-refractivity contribution in [3.63, 3.8) is 0 Å². The van der Waals surface area contributed by atoms with E-state index in [1.807, 2.05) is 72.8 Å². The van der Waals surface area contributed by atoms with Crippen molar-refractivity contribution in [3.8, 4) is 5.75 Å². The largest absolute Gasteiger partial charge is 0.494 e. The first kappa shape index (κ1) is 18.5. The number of para-hydroxylation sites is 1. The summed E-state index contributed by atoms with van der Waals surface area (Å²) < 4.78 is 10.5. The standard InChI is InChI=1S/C22H21NO4/c24-21(23-19-13-12-17-7-4-5-8-18(17)15-19)16-27-22(25)11-6-14-26-20-9-2-1-3-10-20/h1-5,7-10,12-13,15H,6,11,14,16H2,(H,23,24). The number of carbonyl (C=O) groups excluding carboxylic acids is 2. The van der Waals surface area contributed by atoms with Gasteiger partial charge < -0.3 is 14.8 Å². The van der Waals surface area contributed by atoms with Gasteiger partial charge in [0.1, 0.15) is 5.75 Å². The molecule has 0 heterocycles. The lowest BCUT2D eigenvalue weighted by atomic mass is 10.1. The fourth-order valence-electron chi connectivity index (χ4n) is 2.61. The van der Waals surface area contributed by atoms with Gasteiger partial charge in [-0.2, -0.15) is 0 Å². The first-order valence-corrected chi connectivity index (χ1v) is 8.83. The van der Waals surface area contributed by atoms with E-state index in [1.54, 1.807) is 0 Å². The summed E-state index contributed by atoms with van der Waals surface area (Å²) in [5.41, 5.74) is 0.672. The molecule has 5 heteroatoms. The van der Waals surface area contributed by atoms with Crippen LogP contribution in [0.2, 0.25) is 0 Å². The van der Waals surface area contributed by atoms with Crippen LogP contribution >= 0.6 is 0 Å². The Morgan fingerprint density at radius 1 is 0.852 bits per heavy atom. The molecule has 0 aliphatic carbocycles. The molecule has 3 aromatic carbocycles. The fraction of sp³-hybridized carbons (Fsp3) is 0.182. The van der Waals surface area contributed by atoms with Gasteiger partial charge in [0.2, 0.25) is 0 Å². The van der Waals surface area contributed by atoms with E-state index in [2.05, 4.69) is 5.32 Å². The average molecular weight is 363 g/mol. The van der Waals surface area contributed by atoms with Gasteiger partial charge in [-0.15, -0.1) is 0 Å². The second kappa shape index (κ2) is 9.38. The van der Waals surface area contributed by atoms with Crippen molar-refractivity contribution in [2.75, 3.05) is 18.5 Å². The van der Waals surface area contributed by atoms with Gasteiger partial charge in [-0.05, 0) is 41.5 Å². The molecule has 0 aliphatic rings. The van der Waals surface area contributed by atoms with Crippen LogP contribution in [0.5, 0.6) is 5.75 Å². The fourth-order valence-corrected chi connectivity index (χ4v) is 2.61. The van der Waals surface area contributed by atoms with Crippen molar-refractivity contribution < 1.29 is 19.1 Å². The van der Waals surface area contributed by atoms with Crippen molar-refractivity contribution in [1.29, 1.82) is 0 Å². The zero-order chi connectivity index (χ0) is 18.9. The van der Waals surface area contributed by atoms with E-state index in [0.717, 1.165) is 16.5 Å². The summed E-state index contributed by atoms with van der Waals surface area (Å²) in [6, 6.07) is 22.9. The molecule has 0 unspecified atom stereocenters. The number of hydrogen-bond donors (Lipinski definition) is 1. The predicted octanol–water partition coefficient (Wildman–Crippen LogP) is 4.18. The SMILES string of the molecule is O=C(COC(=O)CCCOc1ccccc1)Nc1ccc2ccccc2c1. The molecule has 0 atom stereocenters. The molecule has 0 bridgehead atoms. The number of anilines is 1. The second-order valence-electron chi connectivity index (χ2n) is 6.04. The average Bonchev–Trinajstić information content (AvgIpc) is 2.70. The summed E-state index contributed by atoms with van der Waals surface area (Å²) in [6.07, 6.45) is 0.732. The van der Waals surface area contributed by atoms with Crippen molar-refractivity contribution in [2.45, 2.75) is 12.8 Å². The Kier molecular flexibility index (Phi) is 6.41. The van der Waals surface area contributed by atoms with Crippen LogP contribution in [0.1, 0.15) is 12.8 Å². The van der Waals surface area contributed by atoms with Crippen molar-refractivity contribution in [3.05, 3.63) is 72.8 Å². The van der Waals surface area contributed by atoms with Crippen LogP contribution in [-0.4, -0.2) is 25.1 Å². The summed E-state index contributed by atoms with van der Waals surface area (Å²) in [5, 5.41) is 4.87. The maximum atomic E-state index is 12.0. The van der Waals surface area contributed by atoms with Gasteiger partial charge in [-0.1, -0.05) is 48.5 Å². The summed E-state index contributed by atoms with van der Waals surface area (Å²) in [6.45, 7) is 0.119. The lowest BCUT2D eigenvalue weighted by Gasteiger charge is -2.08. The van der Waals surface area contributed by atoms with E-state index >= 15 is 0 Å². The third kappa shape index (κ3) is 5.85. The Labute approximate surface area is 157 Å². The van der Waals surface area contributed by atoms with Crippen LogP contribution in [0.15, 0.2) is 72.8 Å². The van der Waals surface area contributed by atoms with E-state index < -0.39 is 5.97 Å². The normalized spacial score (nSPS) is 10.4. The zero-order valence-electron chi connectivity index (χ0n) is 14.9. The number of fused-ring (bicyclic) bond motifs is 1. The van der Waals surface area contributed by atoms with Gasteiger partial charge in [-0.3, -0.25) is 9.59 Å². The monoisotopic (exact) mass is 363 g/mol. The van der Waals surface area contributed by atoms with E-state index in [9.17, 15) is 9.59 Å². The van der Waals surface area contributed by atoms with Crippen LogP contribution in [0.3, 0.4) is 0 Å². The van der Waals surface area contributed by atoms with E-state index in [0.29, 0.717) is 18.7 Å². The second-order valence-corrected chi connectivity index (χ2v) is 6.04. The molecule has 0 fully saturated rings. The van der Waals surface area contributed by atoms with E-state index in [4.69, 9.17) is 9.47 Å². The molecule has 0 saturated carbocycles. The van der Waals surface area contributed by atoms with Crippen LogP contribution in [0.25, 0.3) is 10.8 Å². The van der Waals surface area contributed by atoms with Gasteiger partial charge in [0, 0.05) is 12.1 Å². The highest BCUT2D eigenvalue weighted by Gasteiger charge is 2.08. The molecule has 27 heavy (non-hydrogen) atoms. The first-order chi connectivity index (χ1) is 13.2. The minimum absolute atomic E-state index is 0.204. The third-order valence-electron chi connectivity index (χ3n) is 3.93. The minimum atomic E-state index is -0.416. The highest BCUT2D eigenvalue weighted by molar-refractivity contribution is 5.95. The van der Waals surface area contributed by atoms with E-state index in [-0.39, 0.29) is 18.9 Å². The molecule has 0 aliphatic heterocycles. The number of hydrogen-bond acceptors (Lipinski definition) is 4. The number of ether oxygens (including phenoxy) is 2. The maximum absolute atomic E-state index is 12.0. The molecule has 5 nitrogen and oxygen atoms in total. The molecule has 0 aromatic heterocycles. The lowest BCUT2D eigenvalue weighted by molar-refractivity contribution is -0.147. The molecule has 3 aromatic rings. The highest BCUT2D eigenvalue weighted by atomic mass is 16.5. The molecule has 0 saturated heterocycles. The van der Waals surface area contributed by atoms with Crippen molar-refractivity contribution in [2.24, 2.45) is 0 Å². The van der Waals surface area contributed by atoms with Gasteiger partial charge in [0.25, 0.3) is 5.91 Å². The zero-order valence-corrected chi connectivity index (χ0v) is 14.9. The Morgan fingerprint density at radius 3 is 2.41 bits per heavy atom. The Balaban J connectivity index is 1.36. The van der Waals surface area contributed by atoms with Crippen molar-refractivity contribution >= 4 is 28.3 Å². The summed E-state index contributed by atoms with van der Waals surface area (Å²) >= 11 is 0. The maximum Gasteiger partial charge on any atom is 0.306 e. The third-order valence-corrected chi connectivity index (χ3v) is 3.93. The first-order valence-electron chi connectivity index (χ1n) is 8.83. The van der Waals surface area contributed by atoms with Gasteiger partial charge in [0.15, 0.2) is 6.61 Å². The van der Waals surface area contributed by atoms with Gasteiger partial charge >= 0.3 is 5.97 Å². The Hall–Kier alpha value is -3.34. The minimum Gasteiger partial charge on any atom is -0.494 e.